The van der Waals surface area contributed by atoms with E-state index in [1.165, 1.54) is 11.6 Å². The third kappa shape index (κ3) is 1.79. The van der Waals surface area contributed by atoms with Crippen LogP contribution in [-0.4, -0.2) is 20.2 Å². The molecule has 1 aromatic carbocycles. The molecule has 0 bridgehead atoms. The Morgan fingerprint density at radius 3 is 3.21 bits per heavy atom. The van der Waals surface area contributed by atoms with Gasteiger partial charge in [0, 0.05) is 6.54 Å². The van der Waals surface area contributed by atoms with Crippen molar-refractivity contribution < 1.29 is 9.13 Å². The van der Waals surface area contributed by atoms with Crippen LogP contribution >= 0.6 is 0 Å². The zero-order valence-corrected chi connectivity index (χ0v) is 8.22. The molecule has 0 fully saturated rings. The van der Waals surface area contributed by atoms with Gasteiger partial charge in [-0.2, -0.15) is 0 Å². The molecule has 0 amide bonds. The monoisotopic (exact) mass is 195 g/mol. The SMILES string of the molecule is CNC[C@H]1OCCc2ccc(F)cc21. The number of hydrogen-bond acceptors (Lipinski definition) is 2. The number of fused-ring (bicyclic) bond motifs is 1. The van der Waals surface area contributed by atoms with Crippen molar-refractivity contribution in [2.75, 3.05) is 20.2 Å². The molecule has 0 unspecified atom stereocenters. The summed E-state index contributed by atoms with van der Waals surface area (Å²) < 4.78 is 18.6. The molecule has 1 N–H and O–H groups in total. The lowest BCUT2D eigenvalue weighted by molar-refractivity contribution is 0.0436. The predicted molar refractivity (Wildman–Crippen MR) is 52.7 cm³/mol. The first-order valence-electron chi connectivity index (χ1n) is 4.86. The molecule has 1 aromatic rings. The first-order valence-corrected chi connectivity index (χ1v) is 4.86. The van der Waals surface area contributed by atoms with Crippen LogP contribution in [-0.2, 0) is 11.2 Å². The molecule has 2 rings (SSSR count). The Hall–Kier alpha value is -0.930. The molecule has 0 saturated carbocycles. The molecule has 0 aliphatic carbocycles. The highest BCUT2D eigenvalue weighted by molar-refractivity contribution is 5.31. The highest BCUT2D eigenvalue weighted by Gasteiger charge is 2.20. The lowest BCUT2D eigenvalue weighted by Crippen LogP contribution is -2.25. The lowest BCUT2D eigenvalue weighted by atomic mass is 9.97. The molecule has 0 aromatic heterocycles. The summed E-state index contributed by atoms with van der Waals surface area (Å²) in [5, 5.41) is 3.05. The second kappa shape index (κ2) is 4.07. The molecular weight excluding hydrogens is 181 g/mol. The average molecular weight is 195 g/mol. The molecule has 76 valence electrons. The molecule has 3 heteroatoms. The third-order valence-corrected chi connectivity index (χ3v) is 2.53. The van der Waals surface area contributed by atoms with E-state index in [4.69, 9.17) is 4.74 Å². The highest BCUT2D eigenvalue weighted by Crippen LogP contribution is 2.27. The van der Waals surface area contributed by atoms with E-state index in [1.807, 2.05) is 13.1 Å². The van der Waals surface area contributed by atoms with Gasteiger partial charge in [0.1, 0.15) is 5.82 Å². The van der Waals surface area contributed by atoms with Crippen LogP contribution < -0.4 is 5.32 Å². The summed E-state index contributed by atoms with van der Waals surface area (Å²) in [5.41, 5.74) is 2.20. The summed E-state index contributed by atoms with van der Waals surface area (Å²) in [5.74, 6) is -0.185. The summed E-state index contributed by atoms with van der Waals surface area (Å²) in [6.07, 6.45) is 0.884. The van der Waals surface area contributed by atoms with Crippen molar-refractivity contribution in [3.05, 3.63) is 35.1 Å². The fraction of sp³-hybridized carbons (Fsp3) is 0.455. The molecule has 1 aliphatic heterocycles. The number of ether oxygens (including phenoxy) is 1. The summed E-state index contributed by atoms with van der Waals surface area (Å²) in [6.45, 7) is 1.46. The number of likely N-dealkylation sites (N-methyl/N-ethyl adjacent to an activating group) is 1. The normalized spacial score (nSPS) is 20.6. The van der Waals surface area contributed by atoms with Crippen molar-refractivity contribution in [2.24, 2.45) is 0 Å². The molecule has 0 saturated heterocycles. The van der Waals surface area contributed by atoms with E-state index in [2.05, 4.69) is 5.32 Å². The number of rotatable bonds is 2. The fourth-order valence-electron chi connectivity index (χ4n) is 1.85. The van der Waals surface area contributed by atoms with Gasteiger partial charge in [-0.3, -0.25) is 0 Å². The molecular formula is C11H14FNO. The van der Waals surface area contributed by atoms with E-state index in [0.29, 0.717) is 0 Å². The molecule has 0 spiro atoms. The van der Waals surface area contributed by atoms with Crippen molar-refractivity contribution in [1.29, 1.82) is 0 Å². The van der Waals surface area contributed by atoms with Crippen LogP contribution in [0.25, 0.3) is 0 Å². The van der Waals surface area contributed by atoms with Gasteiger partial charge in [-0.25, -0.2) is 4.39 Å². The van der Waals surface area contributed by atoms with Gasteiger partial charge in [-0.15, -0.1) is 0 Å². The second-order valence-electron chi connectivity index (χ2n) is 3.51. The zero-order chi connectivity index (χ0) is 9.97. The summed E-state index contributed by atoms with van der Waals surface area (Å²) in [6, 6.07) is 4.95. The van der Waals surface area contributed by atoms with Crippen molar-refractivity contribution in [3.63, 3.8) is 0 Å². The third-order valence-electron chi connectivity index (χ3n) is 2.53. The molecule has 0 radical (unpaired) electrons. The number of benzene rings is 1. The van der Waals surface area contributed by atoms with Gasteiger partial charge in [0.05, 0.1) is 12.7 Å². The summed E-state index contributed by atoms with van der Waals surface area (Å²) in [7, 11) is 1.87. The van der Waals surface area contributed by atoms with Crippen LogP contribution in [0, 0.1) is 5.82 Å². The van der Waals surface area contributed by atoms with E-state index in [1.54, 1.807) is 6.07 Å². The highest BCUT2D eigenvalue weighted by atomic mass is 19.1. The number of halogens is 1. The van der Waals surface area contributed by atoms with E-state index in [0.717, 1.165) is 25.1 Å². The van der Waals surface area contributed by atoms with Crippen molar-refractivity contribution >= 4 is 0 Å². The largest absolute Gasteiger partial charge is 0.372 e. The van der Waals surface area contributed by atoms with E-state index in [-0.39, 0.29) is 11.9 Å². The number of hydrogen-bond donors (Lipinski definition) is 1. The van der Waals surface area contributed by atoms with Gasteiger partial charge >= 0.3 is 0 Å². The molecule has 1 heterocycles. The Morgan fingerprint density at radius 2 is 2.43 bits per heavy atom. The maximum absolute atomic E-state index is 13.0. The minimum atomic E-state index is -0.185. The van der Waals surface area contributed by atoms with Gasteiger partial charge < -0.3 is 10.1 Å². The van der Waals surface area contributed by atoms with E-state index >= 15 is 0 Å². The van der Waals surface area contributed by atoms with Crippen molar-refractivity contribution in [1.82, 2.24) is 5.32 Å². The maximum Gasteiger partial charge on any atom is 0.123 e. The number of nitrogens with one attached hydrogen (secondary N) is 1. The van der Waals surface area contributed by atoms with Crippen LogP contribution in [0.3, 0.4) is 0 Å². The van der Waals surface area contributed by atoms with Crippen LogP contribution in [0.4, 0.5) is 4.39 Å². The van der Waals surface area contributed by atoms with Crippen LogP contribution in [0.5, 0.6) is 0 Å². The second-order valence-corrected chi connectivity index (χ2v) is 3.51. The van der Waals surface area contributed by atoms with Crippen molar-refractivity contribution in [3.8, 4) is 0 Å². The van der Waals surface area contributed by atoms with E-state index < -0.39 is 0 Å². The Balaban J connectivity index is 2.32. The molecule has 14 heavy (non-hydrogen) atoms. The Bertz CT molecular complexity index is 327. The standard InChI is InChI=1S/C11H14FNO/c1-13-7-11-10-6-9(12)3-2-8(10)4-5-14-11/h2-3,6,11,13H,4-5,7H2,1H3/t11-/m1/s1. The molecule has 1 aliphatic rings. The fourth-order valence-corrected chi connectivity index (χ4v) is 1.85. The minimum Gasteiger partial charge on any atom is -0.372 e. The van der Waals surface area contributed by atoms with Gasteiger partial charge in [-0.05, 0) is 36.7 Å². The zero-order valence-electron chi connectivity index (χ0n) is 8.22. The summed E-state index contributed by atoms with van der Waals surface area (Å²) in [4.78, 5) is 0. The molecule has 2 nitrogen and oxygen atoms in total. The molecule has 1 atom stereocenters. The summed E-state index contributed by atoms with van der Waals surface area (Å²) >= 11 is 0. The lowest BCUT2D eigenvalue weighted by Gasteiger charge is -2.25. The van der Waals surface area contributed by atoms with Crippen LogP contribution in [0.15, 0.2) is 18.2 Å². The van der Waals surface area contributed by atoms with Gasteiger partial charge in [0.25, 0.3) is 0 Å². The first kappa shape index (κ1) is 9.62. The Labute approximate surface area is 83.1 Å². The topological polar surface area (TPSA) is 21.3 Å². The average Bonchev–Trinajstić information content (AvgIpc) is 2.19. The van der Waals surface area contributed by atoms with Gasteiger partial charge in [-0.1, -0.05) is 6.07 Å². The van der Waals surface area contributed by atoms with Crippen LogP contribution in [0.2, 0.25) is 0 Å². The Morgan fingerprint density at radius 1 is 1.57 bits per heavy atom. The van der Waals surface area contributed by atoms with Crippen molar-refractivity contribution in [2.45, 2.75) is 12.5 Å². The quantitative estimate of drug-likeness (QED) is 0.775. The maximum atomic E-state index is 13.0. The minimum absolute atomic E-state index is 0.000509. The van der Waals surface area contributed by atoms with Gasteiger partial charge in [0.15, 0.2) is 0 Å². The van der Waals surface area contributed by atoms with Crippen LogP contribution in [0.1, 0.15) is 17.2 Å². The van der Waals surface area contributed by atoms with Gasteiger partial charge in [0.2, 0.25) is 0 Å². The predicted octanol–water partition coefficient (Wildman–Crippen LogP) is 1.66. The Kier molecular flexibility index (Phi) is 2.79. The van der Waals surface area contributed by atoms with E-state index in [9.17, 15) is 4.39 Å². The first-order chi connectivity index (χ1) is 6.81. The smallest absolute Gasteiger partial charge is 0.123 e.